The molecule has 2 fully saturated rings. The topological polar surface area (TPSA) is 222 Å². The number of benzene rings is 1. The van der Waals surface area contributed by atoms with Gasteiger partial charge in [0.05, 0.1) is 18.1 Å². The average molecular weight is 463 g/mol. The van der Waals surface area contributed by atoms with E-state index in [-0.39, 0.29) is 11.4 Å². The fourth-order valence-electron chi connectivity index (χ4n) is 3.33. The molecule has 0 bridgehead atoms. The molecule has 32 heavy (non-hydrogen) atoms. The Morgan fingerprint density at radius 3 is 1.91 bits per heavy atom. The lowest BCUT2D eigenvalue weighted by Gasteiger charge is -2.42. The third-order valence-corrected chi connectivity index (χ3v) is 5.24. The molecule has 0 radical (unpaired) electrons. The largest absolute Gasteiger partial charge is 0.462 e. The highest BCUT2D eigenvalue weighted by atomic mass is 16.7. The molecule has 0 unspecified atom stereocenters. The van der Waals surface area contributed by atoms with Gasteiger partial charge >= 0.3 is 0 Å². The van der Waals surface area contributed by atoms with E-state index in [4.69, 9.17) is 18.9 Å². The van der Waals surface area contributed by atoms with Crippen molar-refractivity contribution in [1.82, 2.24) is 0 Å². The molecule has 10 atom stereocenters. The van der Waals surface area contributed by atoms with Gasteiger partial charge in [0.2, 0.25) is 6.29 Å². The maximum atomic E-state index is 10.7. The Labute approximate surface area is 180 Å². The average Bonchev–Trinajstić information content (AvgIpc) is 2.78. The van der Waals surface area contributed by atoms with Crippen molar-refractivity contribution < 1.29 is 59.6 Å². The first kappa shape index (κ1) is 24.7. The first-order valence-electron chi connectivity index (χ1n) is 9.67. The summed E-state index contributed by atoms with van der Waals surface area (Å²) in [4.78, 5) is 10.1. The van der Waals surface area contributed by atoms with Crippen LogP contribution in [0.1, 0.15) is 0 Å². The molecule has 0 aromatic heterocycles. The standard InChI is InChI=1S/C18H25NO13/c20-5-9-11(21)13(23)15(25)17(31-9)29-6-10-12(22)14(24)16(26)18(32-10)30-8-3-1-7(2-4-8)19(27)28/h1-4,9-18,20-26H,5-6H2/t9-,10-,11+,12+,13+,14+,15-,16-,17-,18+/m1/s1. The molecule has 180 valence electrons. The molecule has 1 aromatic carbocycles. The van der Waals surface area contributed by atoms with E-state index in [1.165, 1.54) is 12.1 Å². The summed E-state index contributed by atoms with van der Waals surface area (Å²) >= 11 is 0. The molecule has 2 aliphatic heterocycles. The molecule has 0 aliphatic carbocycles. The Balaban J connectivity index is 1.64. The SMILES string of the molecule is O=[N+]([O-])c1ccc(O[C@H]2O[C@H](CO[C@@H]3O[C@H](CO)[C@H](O)[C@H](O)[C@H]3O)[C@H](O)[C@H](O)[C@H]2O)cc1. The molecule has 0 amide bonds. The maximum Gasteiger partial charge on any atom is 0.269 e. The number of hydrogen-bond donors (Lipinski definition) is 7. The number of nitro groups is 1. The minimum Gasteiger partial charge on any atom is -0.462 e. The summed E-state index contributed by atoms with van der Waals surface area (Å²) < 4.78 is 21.4. The van der Waals surface area contributed by atoms with Crippen molar-refractivity contribution in [1.29, 1.82) is 0 Å². The normalized spacial score (nSPS) is 40.1. The Morgan fingerprint density at radius 1 is 0.812 bits per heavy atom. The summed E-state index contributed by atoms with van der Waals surface area (Å²) in [5, 5.41) is 80.1. The van der Waals surface area contributed by atoms with E-state index < -0.39 is 79.5 Å². The van der Waals surface area contributed by atoms with Crippen LogP contribution in [-0.2, 0) is 14.2 Å². The second-order valence-electron chi connectivity index (χ2n) is 7.41. The molecular formula is C18H25NO13. The summed E-state index contributed by atoms with van der Waals surface area (Å²) in [6.45, 7) is -1.17. The number of nitro benzene ring substituents is 1. The fourth-order valence-corrected chi connectivity index (χ4v) is 3.33. The number of hydrogen-bond acceptors (Lipinski definition) is 13. The zero-order valence-corrected chi connectivity index (χ0v) is 16.5. The van der Waals surface area contributed by atoms with Gasteiger partial charge < -0.3 is 54.7 Å². The van der Waals surface area contributed by atoms with Gasteiger partial charge in [0, 0.05) is 12.1 Å². The Kier molecular flexibility index (Phi) is 7.94. The summed E-state index contributed by atoms with van der Waals surface area (Å²) in [7, 11) is 0. The minimum absolute atomic E-state index is 0.0804. The predicted molar refractivity (Wildman–Crippen MR) is 100 cm³/mol. The zero-order valence-electron chi connectivity index (χ0n) is 16.5. The zero-order chi connectivity index (χ0) is 23.6. The van der Waals surface area contributed by atoms with Gasteiger partial charge in [-0.15, -0.1) is 0 Å². The molecule has 14 nitrogen and oxygen atoms in total. The number of aliphatic hydroxyl groups excluding tert-OH is 7. The first-order chi connectivity index (χ1) is 15.1. The lowest BCUT2D eigenvalue weighted by atomic mass is 9.98. The van der Waals surface area contributed by atoms with Gasteiger partial charge in [-0.25, -0.2) is 0 Å². The number of rotatable bonds is 7. The molecule has 2 aliphatic rings. The number of non-ortho nitro benzene ring substituents is 1. The van der Waals surface area contributed by atoms with E-state index in [0.29, 0.717) is 0 Å². The maximum absolute atomic E-state index is 10.7. The van der Waals surface area contributed by atoms with Crippen LogP contribution < -0.4 is 4.74 Å². The summed E-state index contributed by atoms with van der Waals surface area (Å²) in [5.41, 5.74) is -0.191. The van der Waals surface area contributed by atoms with Crippen molar-refractivity contribution >= 4 is 5.69 Å². The minimum atomic E-state index is -1.71. The quantitative estimate of drug-likeness (QED) is 0.155. The monoisotopic (exact) mass is 463 g/mol. The Morgan fingerprint density at radius 2 is 1.34 bits per heavy atom. The van der Waals surface area contributed by atoms with Gasteiger partial charge in [-0.2, -0.15) is 0 Å². The van der Waals surface area contributed by atoms with Gasteiger partial charge in [-0.05, 0) is 12.1 Å². The van der Waals surface area contributed by atoms with E-state index in [9.17, 15) is 45.9 Å². The van der Waals surface area contributed by atoms with Crippen LogP contribution in [0.4, 0.5) is 5.69 Å². The molecule has 0 saturated carbocycles. The van der Waals surface area contributed by atoms with Crippen LogP contribution in [0.15, 0.2) is 24.3 Å². The van der Waals surface area contributed by atoms with Gasteiger partial charge in [-0.3, -0.25) is 10.1 Å². The van der Waals surface area contributed by atoms with Crippen molar-refractivity contribution in [3.8, 4) is 5.75 Å². The third-order valence-electron chi connectivity index (χ3n) is 5.24. The molecule has 0 spiro atoms. The van der Waals surface area contributed by atoms with E-state index in [0.717, 1.165) is 12.1 Å². The lowest BCUT2D eigenvalue weighted by molar-refractivity contribution is -0.384. The fraction of sp³-hybridized carbons (Fsp3) is 0.667. The molecule has 2 saturated heterocycles. The van der Waals surface area contributed by atoms with Crippen LogP contribution >= 0.6 is 0 Å². The van der Waals surface area contributed by atoms with Crippen LogP contribution in [0.25, 0.3) is 0 Å². The predicted octanol–water partition coefficient (Wildman–Crippen LogP) is -3.40. The highest BCUT2D eigenvalue weighted by Gasteiger charge is 2.47. The van der Waals surface area contributed by atoms with Gasteiger partial charge in [0.25, 0.3) is 5.69 Å². The van der Waals surface area contributed by atoms with Crippen LogP contribution in [-0.4, -0.2) is 115 Å². The molecule has 2 heterocycles. The second-order valence-corrected chi connectivity index (χ2v) is 7.41. The molecule has 3 rings (SSSR count). The van der Waals surface area contributed by atoms with Crippen molar-refractivity contribution in [2.45, 2.75) is 61.4 Å². The Hall–Kier alpha value is -1.98. The van der Waals surface area contributed by atoms with Gasteiger partial charge in [0.15, 0.2) is 6.29 Å². The first-order valence-corrected chi connectivity index (χ1v) is 9.67. The van der Waals surface area contributed by atoms with Crippen molar-refractivity contribution in [3.63, 3.8) is 0 Å². The summed E-state index contributed by atoms with van der Waals surface area (Å²) in [6.07, 6.45) is -15.4. The molecule has 14 heteroatoms. The van der Waals surface area contributed by atoms with Crippen LogP contribution in [0, 0.1) is 10.1 Å². The van der Waals surface area contributed by atoms with Crippen molar-refractivity contribution in [2.24, 2.45) is 0 Å². The molecular weight excluding hydrogens is 438 g/mol. The third kappa shape index (κ3) is 5.15. The van der Waals surface area contributed by atoms with E-state index in [1.807, 2.05) is 0 Å². The lowest BCUT2D eigenvalue weighted by Crippen LogP contribution is -2.62. The number of ether oxygens (including phenoxy) is 4. The van der Waals surface area contributed by atoms with E-state index in [1.54, 1.807) is 0 Å². The molecule has 1 aromatic rings. The van der Waals surface area contributed by atoms with Gasteiger partial charge in [-0.1, -0.05) is 0 Å². The highest BCUT2D eigenvalue weighted by Crippen LogP contribution is 2.27. The number of nitrogens with zero attached hydrogens (tertiary/aromatic N) is 1. The second kappa shape index (κ2) is 10.3. The van der Waals surface area contributed by atoms with Crippen LogP contribution in [0.3, 0.4) is 0 Å². The Bertz CT molecular complexity index is 762. The number of aliphatic hydroxyl groups is 7. The van der Waals surface area contributed by atoms with Crippen LogP contribution in [0.5, 0.6) is 5.75 Å². The van der Waals surface area contributed by atoms with Gasteiger partial charge in [0.1, 0.15) is 54.6 Å². The van der Waals surface area contributed by atoms with E-state index >= 15 is 0 Å². The summed E-state index contributed by atoms with van der Waals surface area (Å²) in [6, 6.07) is 4.83. The van der Waals surface area contributed by atoms with Crippen molar-refractivity contribution in [3.05, 3.63) is 34.4 Å². The van der Waals surface area contributed by atoms with Crippen LogP contribution in [0.2, 0.25) is 0 Å². The van der Waals surface area contributed by atoms with E-state index in [2.05, 4.69) is 0 Å². The van der Waals surface area contributed by atoms with Crippen molar-refractivity contribution in [2.75, 3.05) is 13.2 Å². The highest BCUT2D eigenvalue weighted by molar-refractivity contribution is 5.36. The molecule has 7 N–H and O–H groups in total. The smallest absolute Gasteiger partial charge is 0.269 e. The summed E-state index contributed by atoms with van der Waals surface area (Å²) in [5.74, 6) is 0.0804.